The van der Waals surface area contributed by atoms with Gasteiger partial charge in [0.25, 0.3) is 5.91 Å². The minimum Gasteiger partial charge on any atom is -0.489 e. The van der Waals surface area contributed by atoms with Gasteiger partial charge in [0.05, 0.1) is 17.6 Å². The Morgan fingerprint density at radius 1 is 1.15 bits per heavy atom. The summed E-state index contributed by atoms with van der Waals surface area (Å²) in [6.45, 7) is 2.35. The summed E-state index contributed by atoms with van der Waals surface area (Å²) in [5.74, 6) is 0.540. The van der Waals surface area contributed by atoms with Crippen LogP contribution in [0.15, 0.2) is 60.8 Å². The van der Waals surface area contributed by atoms with Gasteiger partial charge in [-0.05, 0) is 30.7 Å². The van der Waals surface area contributed by atoms with Gasteiger partial charge in [-0.1, -0.05) is 30.3 Å². The molecular weight excluding hydrogens is 328 g/mol. The summed E-state index contributed by atoms with van der Waals surface area (Å²) >= 11 is 0. The van der Waals surface area contributed by atoms with Gasteiger partial charge in [-0.25, -0.2) is 0 Å². The minimum absolute atomic E-state index is 0.211. The molecule has 2 aromatic heterocycles. The molecule has 0 aliphatic carbocycles. The quantitative estimate of drug-likeness (QED) is 0.510. The van der Waals surface area contributed by atoms with E-state index < -0.39 is 0 Å². The Balaban J connectivity index is 1.50. The molecule has 0 atom stereocenters. The third kappa shape index (κ3) is 3.30. The molecule has 2 aromatic carbocycles. The lowest BCUT2D eigenvalue weighted by Gasteiger charge is -2.06. The molecule has 3 N–H and O–H groups in total. The van der Waals surface area contributed by atoms with Gasteiger partial charge in [-0.3, -0.25) is 9.89 Å². The van der Waals surface area contributed by atoms with E-state index >= 15 is 0 Å². The molecule has 6 heteroatoms. The predicted octanol–water partition coefficient (Wildman–Crippen LogP) is 4.03. The predicted molar refractivity (Wildman–Crippen MR) is 100 cm³/mol. The van der Waals surface area contributed by atoms with Crippen molar-refractivity contribution in [2.75, 3.05) is 5.32 Å². The van der Waals surface area contributed by atoms with Gasteiger partial charge in [0.2, 0.25) is 0 Å². The number of benzene rings is 2. The van der Waals surface area contributed by atoms with Crippen LogP contribution >= 0.6 is 0 Å². The molecule has 26 heavy (non-hydrogen) atoms. The van der Waals surface area contributed by atoms with Gasteiger partial charge in [0, 0.05) is 17.0 Å². The molecule has 0 unspecified atom stereocenters. The van der Waals surface area contributed by atoms with E-state index in [2.05, 4.69) is 20.5 Å². The smallest absolute Gasteiger partial charge is 0.272 e. The van der Waals surface area contributed by atoms with E-state index in [1.165, 1.54) is 0 Å². The van der Waals surface area contributed by atoms with Crippen molar-refractivity contribution in [3.63, 3.8) is 0 Å². The van der Waals surface area contributed by atoms with Crippen LogP contribution in [0.3, 0.4) is 0 Å². The summed E-state index contributed by atoms with van der Waals surface area (Å²) in [7, 11) is 0. The summed E-state index contributed by atoms with van der Waals surface area (Å²) in [5, 5.41) is 10.5. The number of H-pyrrole nitrogens is 2. The standard InChI is InChI=1S/C20H18N4O2/c1-13-19(11-21-24-13)23-20(25)18-9-15-7-8-16(10-17(15)22-18)26-12-14-5-3-2-4-6-14/h2-11,22H,12H2,1H3,(H,21,24)(H,23,25). The number of carbonyl (C=O) groups excluding carboxylic acids is 1. The lowest BCUT2D eigenvalue weighted by molar-refractivity contribution is 0.102. The number of ether oxygens (including phenoxy) is 1. The normalized spacial score (nSPS) is 10.8. The Morgan fingerprint density at radius 3 is 2.77 bits per heavy atom. The molecule has 130 valence electrons. The van der Waals surface area contributed by atoms with E-state index in [1.807, 2.05) is 61.5 Å². The average Bonchev–Trinajstić information content (AvgIpc) is 3.26. The number of nitrogens with zero attached hydrogens (tertiary/aromatic N) is 1. The second kappa shape index (κ2) is 6.76. The maximum absolute atomic E-state index is 12.4. The number of carbonyl (C=O) groups is 1. The first-order valence-corrected chi connectivity index (χ1v) is 8.30. The summed E-state index contributed by atoms with van der Waals surface area (Å²) in [5.41, 5.74) is 3.92. The maximum atomic E-state index is 12.4. The van der Waals surface area contributed by atoms with Crippen molar-refractivity contribution in [3.05, 3.63) is 77.7 Å². The van der Waals surface area contributed by atoms with Crippen molar-refractivity contribution < 1.29 is 9.53 Å². The fourth-order valence-electron chi connectivity index (χ4n) is 2.73. The molecule has 4 rings (SSSR count). The Hall–Kier alpha value is -3.54. The molecule has 0 saturated heterocycles. The largest absolute Gasteiger partial charge is 0.489 e. The second-order valence-corrected chi connectivity index (χ2v) is 6.07. The highest BCUT2D eigenvalue weighted by Crippen LogP contribution is 2.23. The molecule has 4 aromatic rings. The van der Waals surface area contributed by atoms with Gasteiger partial charge >= 0.3 is 0 Å². The number of hydrogen-bond acceptors (Lipinski definition) is 3. The van der Waals surface area contributed by atoms with Crippen LogP contribution in [0, 0.1) is 6.92 Å². The van der Waals surface area contributed by atoms with E-state index in [4.69, 9.17) is 4.74 Å². The van der Waals surface area contributed by atoms with Crippen LogP contribution in [-0.2, 0) is 6.61 Å². The highest BCUT2D eigenvalue weighted by molar-refractivity contribution is 6.06. The van der Waals surface area contributed by atoms with Crippen LogP contribution in [-0.4, -0.2) is 21.1 Å². The highest BCUT2D eigenvalue weighted by atomic mass is 16.5. The lowest BCUT2D eigenvalue weighted by Crippen LogP contribution is -2.12. The van der Waals surface area contributed by atoms with Crippen molar-refractivity contribution in [1.82, 2.24) is 15.2 Å². The first kappa shape index (κ1) is 16.0. The SMILES string of the molecule is Cc1[nH]ncc1NC(=O)c1cc2ccc(OCc3ccccc3)cc2[nH]1. The highest BCUT2D eigenvalue weighted by Gasteiger charge is 2.12. The zero-order chi connectivity index (χ0) is 17.9. The van der Waals surface area contributed by atoms with Gasteiger partial charge in [0.1, 0.15) is 18.1 Å². The molecule has 2 heterocycles. The second-order valence-electron chi connectivity index (χ2n) is 6.07. The van der Waals surface area contributed by atoms with Crippen molar-refractivity contribution in [2.45, 2.75) is 13.5 Å². The monoisotopic (exact) mass is 346 g/mol. The van der Waals surface area contributed by atoms with Crippen molar-refractivity contribution >= 4 is 22.5 Å². The van der Waals surface area contributed by atoms with E-state index in [-0.39, 0.29) is 5.91 Å². The summed E-state index contributed by atoms with van der Waals surface area (Å²) in [4.78, 5) is 15.6. The van der Waals surface area contributed by atoms with Crippen LogP contribution in [0.2, 0.25) is 0 Å². The van der Waals surface area contributed by atoms with E-state index in [0.29, 0.717) is 18.0 Å². The molecule has 6 nitrogen and oxygen atoms in total. The topological polar surface area (TPSA) is 82.8 Å². The fraction of sp³-hybridized carbons (Fsp3) is 0.100. The zero-order valence-electron chi connectivity index (χ0n) is 14.2. The van der Waals surface area contributed by atoms with E-state index in [9.17, 15) is 4.79 Å². The van der Waals surface area contributed by atoms with Crippen molar-refractivity contribution in [1.29, 1.82) is 0 Å². The third-order valence-corrected chi connectivity index (χ3v) is 4.16. The Kier molecular flexibility index (Phi) is 4.15. The molecule has 0 bridgehead atoms. The molecule has 0 fully saturated rings. The number of fused-ring (bicyclic) bond motifs is 1. The number of aryl methyl sites for hydroxylation is 1. The number of anilines is 1. The molecule has 0 spiro atoms. The van der Waals surface area contributed by atoms with Crippen LogP contribution in [0.25, 0.3) is 10.9 Å². The minimum atomic E-state index is -0.211. The molecular formula is C20H18N4O2. The Bertz CT molecular complexity index is 1050. The summed E-state index contributed by atoms with van der Waals surface area (Å²) < 4.78 is 5.84. The first-order valence-electron chi connectivity index (χ1n) is 8.30. The van der Waals surface area contributed by atoms with E-state index in [0.717, 1.165) is 27.9 Å². The molecule has 1 amide bonds. The van der Waals surface area contributed by atoms with Gasteiger partial charge < -0.3 is 15.0 Å². The number of aromatic nitrogens is 3. The molecule has 0 aliphatic rings. The van der Waals surface area contributed by atoms with Crippen LogP contribution in [0.4, 0.5) is 5.69 Å². The molecule has 0 radical (unpaired) electrons. The van der Waals surface area contributed by atoms with Gasteiger partial charge in [0.15, 0.2) is 0 Å². The molecule has 0 aliphatic heterocycles. The maximum Gasteiger partial charge on any atom is 0.272 e. The number of nitrogens with one attached hydrogen (secondary N) is 3. The van der Waals surface area contributed by atoms with E-state index in [1.54, 1.807) is 6.20 Å². The lowest BCUT2D eigenvalue weighted by atomic mass is 10.2. The Labute approximate surface area is 150 Å². The van der Waals surface area contributed by atoms with Crippen molar-refractivity contribution in [2.24, 2.45) is 0 Å². The summed E-state index contributed by atoms with van der Waals surface area (Å²) in [6, 6.07) is 17.6. The number of hydrogen-bond donors (Lipinski definition) is 3. The average molecular weight is 346 g/mol. The van der Waals surface area contributed by atoms with Crippen LogP contribution in [0.1, 0.15) is 21.7 Å². The van der Waals surface area contributed by atoms with Gasteiger partial charge in [-0.15, -0.1) is 0 Å². The number of amides is 1. The van der Waals surface area contributed by atoms with Crippen LogP contribution < -0.4 is 10.1 Å². The Morgan fingerprint density at radius 2 is 2.00 bits per heavy atom. The summed E-state index contributed by atoms with van der Waals surface area (Å²) in [6.07, 6.45) is 1.59. The van der Waals surface area contributed by atoms with Gasteiger partial charge in [-0.2, -0.15) is 5.10 Å². The molecule has 0 saturated carbocycles. The first-order chi connectivity index (χ1) is 12.7. The number of rotatable bonds is 5. The fourth-order valence-corrected chi connectivity index (χ4v) is 2.73. The van der Waals surface area contributed by atoms with Crippen LogP contribution in [0.5, 0.6) is 5.75 Å². The number of aromatic amines is 2. The van der Waals surface area contributed by atoms with Crippen molar-refractivity contribution in [3.8, 4) is 5.75 Å². The zero-order valence-corrected chi connectivity index (χ0v) is 14.2. The third-order valence-electron chi connectivity index (χ3n) is 4.16.